The van der Waals surface area contributed by atoms with Crippen LogP contribution in [0.1, 0.15) is 52.4 Å². The van der Waals surface area contributed by atoms with Gasteiger partial charge in [0.2, 0.25) is 5.91 Å². The predicted molar refractivity (Wildman–Crippen MR) is 63.5 cm³/mol. The number of aliphatic carboxylic acids is 1. The van der Waals surface area contributed by atoms with Gasteiger partial charge in [0, 0.05) is 5.92 Å². The first-order valence-corrected chi connectivity index (χ1v) is 6.45. The van der Waals surface area contributed by atoms with Gasteiger partial charge in [-0.3, -0.25) is 9.59 Å². The van der Waals surface area contributed by atoms with Crippen molar-refractivity contribution in [2.75, 3.05) is 0 Å². The fraction of sp³-hybridized carbons (Fsp3) is 0.846. The zero-order valence-corrected chi connectivity index (χ0v) is 10.6. The van der Waals surface area contributed by atoms with E-state index in [1.165, 1.54) is 0 Å². The van der Waals surface area contributed by atoms with Gasteiger partial charge in [0.25, 0.3) is 0 Å². The van der Waals surface area contributed by atoms with Gasteiger partial charge in [0.1, 0.15) is 0 Å². The minimum atomic E-state index is -0.820. The molecule has 0 spiro atoms. The maximum Gasteiger partial charge on any atom is 0.305 e. The van der Waals surface area contributed by atoms with Crippen LogP contribution in [0.2, 0.25) is 0 Å². The van der Waals surface area contributed by atoms with Crippen molar-refractivity contribution in [3.05, 3.63) is 0 Å². The van der Waals surface area contributed by atoms with Crippen molar-refractivity contribution in [1.82, 2.24) is 5.32 Å². The highest BCUT2D eigenvalue weighted by atomic mass is 16.4. The second-order valence-electron chi connectivity index (χ2n) is 5.96. The van der Waals surface area contributed by atoms with Crippen molar-refractivity contribution < 1.29 is 14.7 Å². The molecule has 2 atom stereocenters. The Morgan fingerprint density at radius 3 is 2.41 bits per heavy atom. The first-order valence-electron chi connectivity index (χ1n) is 6.45. The van der Waals surface area contributed by atoms with Crippen LogP contribution in [0.4, 0.5) is 0 Å². The van der Waals surface area contributed by atoms with Crippen molar-refractivity contribution in [3.8, 4) is 0 Å². The summed E-state index contributed by atoms with van der Waals surface area (Å²) in [5.41, 5.74) is -0.293. The maximum absolute atomic E-state index is 12.1. The average Bonchev–Trinajstić information content (AvgIpc) is 2.88. The van der Waals surface area contributed by atoms with Gasteiger partial charge in [0.05, 0.1) is 12.0 Å². The summed E-state index contributed by atoms with van der Waals surface area (Å²) in [5.74, 6) is -0.659. The van der Waals surface area contributed by atoms with E-state index >= 15 is 0 Å². The normalized spacial score (nSPS) is 33.6. The molecule has 2 aliphatic carbocycles. The standard InChI is InChI=1S/C13H21NO3/c1-3-12(2)7-9(12)11(17)14-13(5-4-6-13)8-10(15)16/h9H,3-8H2,1-2H3,(H,14,17)(H,15,16). The number of carboxylic acid groups (broad SMARTS) is 1. The van der Waals surface area contributed by atoms with E-state index in [0.29, 0.717) is 0 Å². The van der Waals surface area contributed by atoms with Gasteiger partial charge < -0.3 is 10.4 Å². The van der Waals surface area contributed by atoms with Crippen LogP contribution in [0.5, 0.6) is 0 Å². The molecule has 0 saturated heterocycles. The molecule has 2 fully saturated rings. The van der Waals surface area contributed by atoms with E-state index in [-0.39, 0.29) is 23.7 Å². The molecular weight excluding hydrogens is 218 g/mol. The lowest BCUT2D eigenvalue weighted by atomic mass is 9.74. The van der Waals surface area contributed by atoms with Crippen LogP contribution in [0, 0.1) is 11.3 Å². The topological polar surface area (TPSA) is 66.4 Å². The van der Waals surface area contributed by atoms with E-state index in [1.54, 1.807) is 0 Å². The Labute approximate surface area is 102 Å². The molecule has 0 aromatic rings. The van der Waals surface area contributed by atoms with Crippen molar-refractivity contribution in [3.63, 3.8) is 0 Å². The summed E-state index contributed by atoms with van der Waals surface area (Å²) < 4.78 is 0. The zero-order chi connectivity index (χ0) is 12.7. The summed E-state index contributed by atoms with van der Waals surface area (Å²) in [6, 6.07) is 0. The molecule has 2 unspecified atom stereocenters. The number of hydrogen-bond acceptors (Lipinski definition) is 2. The molecule has 1 amide bonds. The molecule has 0 aromatic heterocycles. The highest BCUT2D eigenvalue weighted by Crippen LogP contribution is 2.55. The summed E-state index contributed by atoms with van der Waals surface area (Å²) in [6.07, 6.45) is 4.65. The minimum Gasteiger partial charge on any atom is -0.481 e. The van der Waals surface area contributed by atoms with Gasteiger partial charge in [-0.25, -0.2) is 0 Å². The van der Waals surface area contributed by atoms with Gasteiger partial charge in [-0.05, 0) is 37.5 Å². The number of amides is 1. The fourth-order valence-electron chi connectivity index (χ4n) is 2.79. The molecule has 0 bridgehead atoms. The Bertz CT molecular complexity index is 349. The average molecular weight is 239 g/mol. The number of carboxylic acids is 1. The lowest BCUT2D eigenvalue weighted by Crippen LogP contribution is -2.55. The Morgan fingerprint density at radius 2 is 2.06 bits per heavy atom. The number of hydrogen-bond donors (Lipinski definition) is 2. The van der Waals surface area contributed by atoms with Crippen molar-refractivity contribution in [1.29, 1.82) is 0 Å². The van der Waals surface area contributed by atoms with Crippen molar-refractivity contribution in [2.24, 2.45) is 11.3 Å². The maximum atomic E-state index is 12.1. The summed E-state index contributed by atoms with van der Waals surface area (Å²) in [4.78, 5) is 22.9. The van der Waals surface area contributed by atoms with Crippen LogP contribution in [0.25, 0.3) is 0 Å². The van der Waals surface area contributed by atoms with Gasteiger partial charge in [0.15, 0.2) is 0 Å². The molecule has 4 nitrogen and oxygen atoms in total. The number of carbonyl (C=O) groups excluding carboxylic acids is 1. The molecule has 2 saturated carbocycles. The van der Waals surface area contributed by atoms with Crippen LogP contribution in [-0.4, -0.2) is 22.5 Å². The first kappa shape index (κ1) is 12.4. The quantitative estimate of drug-likeness (QED) is 0.770. The molecule has 2 aliphatic rings. The molecular formula is C13H21NO3. The third-order valence-electron chi connectivity index (χ3n) is 4.66. The van der Waals surface area contributed by atoms with Gasteiger partial charge in [-0.15, -0.1) is 0 Å². The smallest absolute Gasteiger partial charge is 0.305 e. The highest BCUT2D eigenvalue weighted by Gasteiger charge is 2.54. The number of rotatable bonds is 5. The zero-order valence-electron chi connectivity index (χ0n) is 10.6. The molecule has 4 heteroatoms. The van der Waals surface area contributed by atoms with Crippen LogP contribution in [0.15, 0.2) is 0 Å². The van der Waals surface area contributed by atoms with Gasteiger partial charge in [-0.1, -0.05) is 13.8 Å². The Kier molecular flexibility index (Phi) is 2.92. The molecule has 0 heterocycles. The molecule has 0 aromatic carbocycles. The van der Waals surface area contributed by atoms with Crippen LogP contribution >= 0.6 is 0 Å². The van der Waals surface area contributed by atoms with Crippen LogP contribution in [0.3, 0.4) is 0 Å². The van der Waals surface area contributed by atoms with E-state index in [4.69, 9.17) is 5.11 Å². The number of nitrogens with one attached hydrogen (secondary N) is 1. The summed E-state index contributed by atoms with van der Waals surface area (Å²) in [7, 11) is 0. The van der Waals surface area contributed by atoms with Crippen LogP contribution < -0.4 is 5.32 Å². The molecule has 96 valence electrons. The Hall–Kier alpha value is -1.06. The highest BCUT2D eigenvalue weighted by molar-refractivity contribution is 5.84. The second-order valence-corrected chi connectivity index (χ2v) is 5.96. The molecule has 0 aliphatic heterocycles. The number of carbonyl (C=O) groups is 2. The largest absolute Gasteiger partial charge is 0.481 e. The third kappa shape index (κ3) is 2.31. The summed E-state index contributed by atoms with van der Waals surface area (Å²) in [5, 5.41) is 11.9. The predicted octanol–water partition coefficient (Wildman–Crippen LogP) is 1.94. The van der Waals surface area contributed by atoms with Crippen molar-refractivity contribution in [2.45, 2.75) is 57.9 Å². The minimum absolute atomic E-state index is 0.0638. The van der Waals surface area contributed by atoms with E-state index in [9.17, 15) is 9.59 Å². The third-order valence-corrected chi connectivity index (χ3v) is 4.66. The van der Waals surface area contributed by atoms with E-state index < -0.39 is 11.5 Å². The monoisotopic (exact) mass is 239 g/mol. The SMILES string of the molecule is CCC1(C)CC1C(=O)NC1(CC(=O)O)CCC1. The molecule has 0 radical (unpaired) electrons. The molecule has 17 heavy (non-hydrogen) atoms. The summed E-state index contributed by atoms with van der Waals surface area (Å²) >= 11 is 0. The fourth-order valence-corrected chi connectivity index (χ4v) is 2.79. The first-order chi connectivity index (χ1) is 7.91. The lowest BCUT2D eigenvalue weighted by Gasteiger charge is -2.41. The van der Waals surface area contributed by atoms with Crippen molar-refractivity contribution >= 4 is 11.9 Å². The second kappa shape index (κ2) is 4.00. The van der Waals surface area contributed by atoms with Gasteiger partial charge >= 0.3 is 5.97 Å². The van der Waals surface area contributed by atoms with E-state index in [0.717, 1.165) is 32.1 Å². The summed E-state index contributed by atoms with van der Waals surface area (Å²) in [6.45, 7) is 4.23. The Morgan fingerprint density at radius 1 is 1.41 bits per heavy atom. The molecule has 2 N–H and O–H groups in total. The van der Waals surface area contributed by atoms with Gasteiger partial charge in [-0.2, -0.15) is 0 Å². The van der Waals surface area contributed by atoms with E-state index in [1.807, 2.05) is 0 Å². The van der Waals surface area contributed by atoms with Crippen LogP contribution in [-0.2, 0) is 9.59 Å². The Balaban J connectivity index is 1.92. The molecule has 2 rings (SSSR count). The van der Waals surface area contributed by atoms with E-state index in [2.05, 4.69) is 19.2 Å². The lowest BCUT2D eigenvalue weighted by molar-refractivity contribution is -0.140.